The third-order valence-corrected chi connectivity index (χ3v) is 4.30. The van der Waals surface area contributed by atoms with Gasteiger partial charge in [0, 0.05) is 6.54 Å². The number of rotatable bonds is 7. The standard InChI is InChI=1S/C18H18BrClFNO3/c1-3-25-18-14(20)7-12(8-16(18)24-2)10-22-17(23)9-11-4-5-15(21)13(19)6-11/h4-8H,3,9-10H2,1-2H3,(H,22,23). The van der Waals surface area contributed by atoms with E-state index in [1.807, 2.05) is 6.92 Å². The minimum absolute atomic E-state index is 0.154. The monoisotopic (exact) mass is 429 g/mol. The van der Waals surface area contributed by atoms with Crippen LogP contribution in [0.2, 0.25) is 5.02 Å². The molecule has 0 bridgehead atoms. The predicted molar refractivity (Wildman–Crippen MR) is 98.8 cm³/mol. The Morgan fingerprint density at radius 1 is 1.28 bits per heavy atom. The van der Waals surface area contributed by atoms with Gasteiger partial charge in [-0.05, 0) is 58.2 Å². The highest BCUT2D eigenvalue weighted by atomic mass is 79.9. The first-order chi connectivity index (χ1) is 11.9. The van der Waals surface area contributed by atoms with Crippen LogP contribution in [0, 0.1) is 5.82 Å². The molecule has 0 saturated carbocycles. The Hall–Kier alpha value is -1.79. The number of carbonyl (C=O) groups excluding carboxylic acids is 1. The highest BCUT2D eigenvalue weighted by Crippen LogP contribution is 2.36. The largest absolute Gasteiger partial charge is 0.493 e. The van der Waals surface area contributed by atoms with Crippen molar-refractivity contribution in [3.05, 3.63) is 56.8 Å². The lowest BCUT2D eigenvalue weighted by Gasteiger charge is -2.13. The molecule has 134 valence electrons. The molecule has 2 rings (SSSR count). The Morgan fingerprint density at radius 3 is 2.68 bits per heavy atom. The van der Waals surface area contributed by atoms with Gasteiger partial charge in [0.05, 0.1) is 29.6 Å². The number of methoxy groups -OCH3 is 1. The molecule has 0 saturated heterocycles. The summed E-state index contributed by atoms with van der Waals surface area (Å²) in [6.45, 7) is 2.63. The second-order valence-corrected chi connectivity index (χ2v) is 6.51. The highest BCUT2D eigenvalue weighted by Gasteiger charge is 2.12. The zero-order valence-corrected chi connectivity index (χ0v) is 16.2. The summed E-state index contributed by atoms with van der Waals surface area (Å²) in [6, 6.07) is 7.99. The van der Waals surface area contributed by atoms with Crippen LogP contribution in [0.5, 0.6) is 11.5 Å². The first kappa shape index (κ1) is 19.5. The zero-order chi connectivity index (χ0) is 18.4. The fourth-order valence-corrected chi connectivity index (χ4v) is 2.97. The van der Waals surface area contributed by atoms with Crippen molar-refractivity contribution in [2.45, 2.75) is 19.9 Å². The quantitative estimate of drug-likeness (QED) is 0.703. The maximum atomic E-state index is 13.2. The molecule has 0 spiro atoms. The number of benzene rings is 2. The van der Waals surface area contributed by atoms with Crippen LogP contribution in [-0.4, -0.2) is 19.6 Å². The fraction of sp³-hybridized carbons (Fsp3) is 0.278. The fourth-order valence-electron chi connectivity index (χ4n) is 2.26. The van der Waals surface area contributed by atoms with Gasteiger partial charge in [0.25, 0.3) is 0 Å². The maximum Gasteiger partial charge on any atom is 0.224 e. The second-order valence-electron chi connectivity index (χ2n) is 5.24. The smallest absolute Gasteiger partial charge is 0.224 e. The summed E-state index contributed by atoms with van der Waals surface area (Å²) in [7, 11) is 1.53. The highest BCUT2D eigenvalue weighted by molar-refractivity contribution is 9.10. The van der Waals surface area contributed by atoms with Gasteiger partial charge in [0.1, 0.15) is 5.82 Å². The molecule has 0 aromatic heterocycles. The van der Waals surface area contributed by atoms with E-state index in [0.717, 1.165) is 5.56 Å². The number of hydrogen-bond acceptors (Lipinski definition) is 3. The summed E-state index contributed by atoms with van der Waals surface area (Å²) < 4.78 is 24.3. The Kier molecular flexibility index (Phi) is 7.08. The van der Waals surface area contributed by atoms with Gasteiger partial charge in [-0.15, -0.1) is 0 Å². The van der Waals surface area contributed by atoms with Crippen molar-refractivity contribution in [3.63, 3.8) is 0 Å². The number of halogens is 3. The molecular formula is C18H18BrClFNO3. The molecule has 0 aliphatic carbocycles. The average molecular weight is 431 g/mol. The lowest BCUT2D eigenvalue weighted by molar-refractivity contribution is -0.120. The molecule has 7 heteroatoms. The molecule has 0 aliphatic rings. The Labute approximate surface area is 159 Å². The summed E-state index contributed by atoms with van der Waals surface area (Å²) >= 11 is 9.32. The van der Waals surface area contributed by atoms with Crippen LogP contribution in [0.1, 0.15) is 18.1 Å². The minimum Gasteiger partial charge on any atom is -0.493 e. The van der Waals surface area contributed by atoms with Gasteiger partial charge < -0.3 is 14.8 Å². The average Bonchev–Trinajstić information content (AvgIpc) is 2.58. The van der Waals surface area contributed by atoms with Gasteiger partial charge in [0.15, 0.2) is 11.5 Å². The van der Waals surface area contributed by atoms with E-state index in [9.17, 15) is 9.18 Å². The van der Waals surface area contributed by atoms with Crippen molar-refractivity contribution in [1.29, 1.82) is 0 Å². The van der Waals surface area contributed by atoms with Crippen LogP contribution in [-0.2, 0) is 17.8 Å². The van der Waals surface area contributed by atoms with Crippen molar-refractivity contribution in [2.24, 2.45) is 0 Å². The lowest BCUT2D eigenvalue weighted by atomic mass is 10.1. The number of ether oxygens (including phenoxy) is 2. The second kappa shape index (κ2) is 9.06. The van der Waals surface area contributed by atoms with Crippen molar-refractivity contribution >= 4 is 33.4 Å². The first-order valence-electron chi connectivity index (χ1n) is 7.64. The molecule has 1 amide bonds. The first-order valence-corrected chi connectivity index (χ1v) is 8.81. The molecule has 4 nitrogen and oxygen atoms in total. The Morgan fingerprint density at radius 2 is 2.04 bits per heavy atom. The van der Waals surface area contributed by atoms with Crippen LogP contribution in [0.4, 0.5) is 4.39 Å². The normalized spacial score (nSPS) is 10.4. The molecule has 1 N–H and O–H groups in total. The molecular weight excluding hydrogens is 413 g/mol. The summed E-state index contributed by atoms with van der Waals surface area (Å²) in [5.41, 5.74) is 1.51. The predicted octanol–water partition coefficient (Wildman–Crippen LogP) is 4.51. The lowest BCUT2D eigenvalue weighted by Crippen LogP contribution is -2.24. The Balaban J connectivity index is 2.01. The van der Waals surface area contributed by atoms with Gasteiger partial charge in [-0.2, -0.15) is 0 Å². The minimum atomic E-state index is -0.361. The van der Waals surface area contributed by atoms with E-state index < -0.39 is 0 Å². The van der Waals surface area contributed by atoms with Crippen LogP contribution in [0.15, 0.2) is 34.8 Å². The van der Waals surface area contributed by atoms with Gasteiger partial charge in [-0.1, -0.05) is 17.7 Å². The topological polar surface area (TPSA) is 47.6 Å². The van der Waals surface area contributed by atoms with Crippen molar-refractivity contribution in [1.82, 2.24) is 5.32 Å². The summed E-state index contributed by atoms with van der Waals surface area (Å²) in [5, 5.41) is 3.23. The SMILES string of the molecule is CCOc1c(Cl)cc(CNC(=O)Cc2ccc(F)c(Br)c2)cc1OC. The van der Waals surface area contributed by atoms with Crippen LogP contribution < -0.4 is 14.8 Å². The molecule has 0 aliphatic heterocycles. The number of amides is 1. The van der Waals surface area contributed by atoms with E-state index >= 15 is 0 Å². The van der Waals surface area contributed by atoms with E-state index in [4.69, 9.17) is 21.1 Å². The molecule has 0 heterocycles. The van der Waals surface area contributed by atoms with E-state index in [0.29, 0.717) is 39.7 Å². The van der Waals surface area contributed by atoms with E-state index in [2.05, 4.69) is 21.2 Å². The van der Waals surface area contributed by atoms with E-state index in [-0.39, 0.29) is 18.1 Å². The Bertz CT molecular complexity index is 770. The number of nitrogens with one attached hydrogen (secondary N) is 1. The van der Waals surface area contributed by atoms with Gasteiger partial charge in [-0.3, -0.25) is 4.79 Å². The van der Waals surface area contributed by atoms with Crippen LogP contribution in [0.25, 0.3) is 0 Å². The molecule has 0 radical (unpaired) electrons. The maximum absolute atomic E-state index is 13.2. The summed E-state index contributed by atoms with van der Waals surface area (Å²) in [5.74, 6) is 0.460. The van der Waals surface area contributed by atoms with Crippen LogP contribution in [0.3, 0.4) is 0 Å². The molecule has 2 aromatic rings. The van der Waals surface area contributed by atoms with Crippen molar-refractivity contribution in [2.75, 3.05) is 13.7 Å². The molecule has 0 fully saturated rings. The van der Waals surface area contributed by atoms with Crippen molar-refractivity contribution in [3.8, 4) is 11.5 Å². The van der Waals surface area contributed by atoms with Crippen LogP contribution >= 0.6 is 27.5 Å². The molecule has 0 unspecified atom stereocenters. The number of carbonyl (C=O) groups is 1. The van der Waals surface area contributed by atoms with Gasteiger partial charge in [-0.25, -0.2) is 4.39 Å². The molecule has 0 atom stereocenters. The van der Waals surface area contributed by atoms with Gasteiger partial charge in [0.2, 0.25) is 5.91 Å². The number of hydrogen-bond donors (Lipinski definition) is 1. The third-order valence-electron chi connectivity index (χ3n) is 3.42. The summed E-state index contributed by atoms with van der Waals surface area (Å²) in [4.78, 5) is 12.1. The van der Waals surface area contributed by atoms with E-state index in [1.165, 1.54) is 13.2 Å². The van der Waals surface area contributed by atoms with Crippen molar-refractivity contribution < 1.29 is 18.7 Å². The molecule has 25 heavy (non-hydrogen) atoms. The molecule has 2 aromatic carbocycles. The third kappa shape index (κ3) is 5.34. The zero-order valence-electron chi connectivity index (χ0n) is 13.9. The van der Waals surface area contributed by atoms with E-state index in [1.54, 1.807) is 24.3 Å². The van der Waals surface area contributed by atoms with Gasteiger partial charge >= 0.3 is 0 Å². The summed E-state index contributed by atoms with van der Waals surface area (Å²) in [6.07, 6.45) is 0.154.